The molecule has 1 aromatic heterocycles. The number of nitrogens with one attached hydrogen (secondary N) is 1. The second-order valence-electron chi connectivity index (χ2n) is 2.45. The van der Waals surface area contributed by atoms with Gasteiger partial charge in [-0.25, -0.2) is 17.8 Å². The second-order valence-corrected chi connectivity index (χ2v) is 4.88. The SMILES string of the molecule is C=CCNS(=O)(=O)c1c(Br)nnn1C. The zero-order valence-electron chi connectivity index (χ0n) is 7.44. The third-order valence-corrected chi connectivity index (χ3v) is 3.72. The molecule has 1 rings (SSSR count). The minimum Gasteiger partial charge on any atom is -0.235 e. The highest BCUT2D eigenvalue weighted by atomic mass is 79.9. The zero-order valence-corrected chi connectivity index (χ0v) is 9.84. The monoisotopic (exact) mass is 280 g/mol. The van der Waals surface area contributed by atoms with Gasteiger partial charge in [0.15, 0.2) is 4.60 Å². The van der Waals surface area contributed by atoms with Crippen molar-refractivity contribution in [2.45, 2.75) is 5.03 Å². The Morgan fingerprint density at radius 2 is 2.36 bits per heavy atom. The first kappa shape index (κ1) is 11.3. The highest BCUT2D eigenvalue weighted by Gasteiger charge is 2.22. The van der Waals surface area contributed by atoms with Crippen LogP contribution < -0.4 is 4.72 Å². The Balaban J connectivity index is 3.09. The van der Waals surface area contributed by atoms with Crippen LogP contribution in [0.3, 0.4) is 0 Å². The maximum Gasteiger partial charge on any atom is 0.260 e. The van der Waals surface area contributed by atoms with E-state index in [1.54, 1.807) is 0 Å². The molecule has 0 saturated carbocycles. The molecule has 6 nitrogen and oxygen atoms in total. The number of halogens is 1. The lowest BCUT2D eigenvalue weighted by Gasteiger charge is -2.03. The van der Waals surface area contributed by atoms with E-state index < -0.39 is 10.0 Å². The summed E-state index contributed by atoms with van der Waals surface area (Å²) in [5.41, 5.74) is 0. The van der Waals surface area contributed by atoms with Crippen LogP contribution in [0.2, 0.25) is 0 Å². The van der Waals surface area contributed by atoms with E-state index in [4.69, 9.17) is 0 Å². The molecule has 0 atom stereocenters. The number of hydrogen-bond donors (Lipinski definition) is 1. The normalized spacial score (nSPS) is 11.6. The fourth-order valence-electron chi connectivity index (χ4n) is 0.845. The smallest absolute Gasteiger partial charge is 0.235 e. The summed E-state index contributed by atoms with van der Waals surface area (Å²) in [6.45, 7) is 3.58. The van der Waals surface area contributed by atoms with Crippen molar-refractivity contribution in [2.75, 3.05) is 6.54 Å². The third-order valence-electron chi connectivity index (χ3n) is 1.41. The fourth-order valence-corrected chi connectivity index (χ4v) is 2.93. The molecule has 78 valence electrons. The lowest BCUT2D eigenvalue weighted by molar-refractivity contribution is 0.564. The highest BCUT2D eigenvalue weighted by molar-refractivity contribution is 9.10. The highest BCUT2D eigenvalue weighted by Crippen LogP contribution is 2.16. The van der Waals surface area contributed by atoms with Gasteiger partial charge in [0.2, 0.25) is 5.03 Å². The van der Waals surface area contributed by atoms with Crippen LogP contribution >= 0.6 is 15.9 Å². The van der Waals surface area contributed by atoms with Gasteiger partial charge in [0, 0.05) is 13.6 Å². The summed E-state index contributed by atoms with van der Waals surface area (Å²) in [7, 11) is -2.07. The van der Waals surface area contributed by atoms with Gasteiger partial charge in [-0.05, 0) is 15.9 Å². The zero-order chi connectivity index (χ0) is 10.8. The molecule has 0 bridgehead atoms. The van der Waals surface area contributed by atoms with Gasteiger partial charge in [-0.2, -0.15) is 0 Å². The van der Waals surface area contributed by atoms with E-state index in [0.29, 0.717) is 0 Å². The molecule has 0 saturated heterocycles. The van der Waals surface area contributed by atoms with Crippen molar-refractivity contribution < 1.29 is 8.42 Å². The maximum absolute atomic E-state index is 11.6. The van der Waals surface area contributed by atoms with E-state index in [-0.39, 0.29) is 16.2 Å². The summed E-state index contributed by atoms with van der Waals surface area (Å²) in [6, 6.07) is 0. The molecule has 8 heteroatoms. The van der Waals surface area contributed by atoms with E-state index in [1.165, 1.54) is 17.8 Å². The molecule has 1 aromatic rings. The van der Waals surface area contributed by atoms with Gasteiger partial charge in [0.25, 0.3) is 10.0 Å². The van der Waals surface area contributed by atoms with Gasteiger partial charge in [0.1, 0.15) is 0 Å². The molecule has 14 heavy (non-hydrogen) atoms. The van der Waals surface area contributed by atoms with Gasteiger partial charge < -0.3 is 0 Å². The van der Waals surface area contributed by atoms with E-state index in [2.05, 4.69) is 37.5 Å². The van der Waals surface area contributed by atoms with Gasteiger partial charge >= 0.3 is 0 Å². The summed E-state index contributed by atoms with van der Waals surface area (Å²) in [4.78, 5) is 0. The number of aromatic nitrogens is 3. The number of sulfonamides is 1. The molecule has 0 aliphatic carbocycles. The molecule has 0 aromatic carbocycles. The van der Waals surface area contributed by atoms with Crippen LogP contribution in [0.1, 0.15) is 0 Å². The minimum atomic E-state index is -3.57. The Hall–Kier alpha value is -0.730. The summed E-state index contributed by atoms with van der Waals surface area (Å²) in [5, 5.41) is 7.14. The number of hydrogen-bond acceptors (Lipinski definition) is 4. The molecule has 0 unspecified atom stereocenters. The molecule has 0 radical (unpaired) electrons. The summed E-state index contributed by atoms with van der Waals surface area (Å²) < 4.78 is 26.9. The lowest BCUT2D eigenvalue weighted by Crippen LogP contribution is -2.26. The molecule has 0 fully saturated rings. The van der Waals surface area contributed by atoms with E-state index in [0.717, 1.165) is 0 Å². The Morgan fingerprint density at radius 3 is 2.79 bits per heavy atom. The van der Waals surface area contributed by atoms with Crippen LogP contribution in [0.25, 0.3) is 0 Å². The standard InChI is InChI=1S/C6H9BrN4O2S/c1-3-4-8-14(12,13)6-5(7)9-10-11(6)2/h3,8H,1,4H2,2H3. The first-order valence-electron chi connectivity index (χ1n) is 3.65. The summed E-state index contributed by atoms with van der Waals surface area (Å²) >= 11 is 3.01. The third kappa shape index (κ3) is 2.20. The summed E-state index contributed by atoms with van der Waals surface area (Å²) in [5.74, 6) is 0. The molecule has 1 N–H and O–H groups in total. The molecule has 0 aliphatic heterocycles. The van der Waals surface area contributed by atoms with E-state index >= 15 is 0 Å². The first-order chi connectivity index (χ1) is 6.49. The van der Waals surface area contributed by atoms with Gasteiger partial charge in [-0.1, -0.05) is 11.3 Å². The van der Waals surface area contributed by atoms with Gasteiger partial charge in [-0.3, -0.25) is 0 Å². The quantitative estimate of drug-likeness (QED) is 0.791. The number of nitrogens with zero attached hydrogens (tertiary/aromatic N) is 3. The molecular weight excluding hydrogens is 272 g/mol. The molecule has 1 heterocycles. The van der Waals surface area contributed by atoms with Crippen LogP contribution in [0.15, 0.2) is 22.3 Å². The maximum atomic E-state index is 11.6. The summed E-state index contributed by atoms with van der Waals surface area (Å²) in [6.07, 6.45) is 1.45. The van der Waals surface area contributed by atoms with Crippen molar-refractivity contribution in [1.29, 1.82) is 0 Å². The van der Waals surface area contributed by atoms with Crippen LogP contribution in [0.5, 0.6) is 0 Å². The van der Waals surface area contributed by atoms with Crippen LogP contribution in [-0.2, 0) is 17.1 Å². The van der Waals surface area contributed by atoms with Crippen LogP contribution in [-0.4, -0.2) is 30.0 Å². The van der Waals surface area contributed by atoms with Crippen molar-refractivity contribution in [3.05, 3.63) is 17.3 Å². The second kappa shape index (κ2) is 4.20. The molecule has 0 amide bonds. The van der Waals surface area contributed by atoms with Gasteiger partial charge in [-0.15, -0.1) is 11.7 Å². The predicted molar refractivity (Wildman–Crippen MR) is 54.1 cm³/mol. The van der Waals surface area contributed by atoms with Crippen molar-refractivity contribution in [2.24, 2.45) is 7.05 Å². The Kier molecular flexibility index (Phi) is 3.40. The van der Waals surface area contributed by atoms with Gasteiger partial charge in [0.05, 0.1) is 0 Å². The fraction of sp³-hybridized carbons (Fsp3) is 0.333. The number of aryl methyl sites for hydroxylation is 1. The Labute approximate surface area is 90.2 Å². The number of rotatable bonds is 4. The average molecular weight is 281 g/mol. The van der Waals surface area contributed by atoms with Crippen molar-refractivity contribution in [1.82, 2.24) is 19.7 Å². The van der Waals surface area contributed by atoms with Crippen molar-refractivity contribution in [3.63, 3.8) is 0 Å². The van der Waals surface area contributed by atoms with Crippen molar-refractivity contribution >= 4 is 26.0 Å². The molecule has 0 spiro atoms. The van der Waals surface area contributed by atoms with E-state index in [9.17, 15) is 8.42 Å². The van der Waals surface area contributed by atoms with E-state index in [1.807, 2.05) is 0 Å². The van der Waals surface area contributed by atoms with Crippen molar-refractivity contribution in [3.8, 4) is 0 Å². The topological polar surface area (TPSA) is 76.9 Å². The lowest BCUT2D eigenvalue weighted by atomic mass is 10.7. The molecule has 0 aliphatic rings. The Bertz CT molecular complexity index is 419. The first-order valence-corrected chi connectivity index (χ1v) is 5.92. The van der Waals surface area contributed by atoms with Crippen LogP contribution in [0, 0.1) is 0 Å². The predicted octanol–water partition coefficient (Wildman–Crippen LogP) is 0.0419. The molecular formula is C6H9BrN4O2S. The largest absolute Gasteiger partial charge is 0.260 e. The average Bonchev–Trinajstić information content (AvgIpc) is 2.43. The Morgan fingerprint density at radius 1 is 1.71 bits per heavy atom. The van der Waals surface area contributed by atoms with Crippen LogP contribution in [0.4, 0.5) is 0 Å². The minimum absolute atomic E-state index is 0.000602.